The van der Waals surface area contributed by atoms with Gasteiger partial charge in [0.1, 0.15) is 0 Å². The lowest BCUT2D eigenvalue weighted by atomic mass is 9.95. The fraction of sp³-hybridized carbons (Fsp3) is 0.636. The minimum Gasteiger partial charge on any atom is -0.388 e. The predicted molar refractivity (Wildman–Crippen MR) is 65.7 cm³/mol. The maximum atomic E-state index is 9.96. The van der Waals surface area contributed by atoms with Gasteiger partial charge in [-0.05, 0) is 40.4 Å². The predicted octanol–water partition coefficient (Wildman–Crippen LogP) is 4.37. The van der Waals surface area contributed by atoms with Gasteiger partial charge >= 0.3 is 0 Å². The first-order valence-electron chi connectivity index (χ1n) is 5.10. The molecule has 1 heterocycles. The number of aliphatic hydroxyl groups is 1. The molecule has 1 aromatic rings. The molecule has 0 aromatic carbocycles. The van der Waals surface area contributed by atoms with E-state index in [1.807, 2.05) is 12.1 Å². The molecule has 0 saturated heterocycles. The highest BCUT2D eigenvalue weighted by atomic mass is 79.9. The van der Waals surface area contributed by atoms with Crippen molar-refractivity contribution in [3.8, 4) is 0 Å². The topological polar surface area (TPSA) is 20.2 Å². The van der Waals surface area contributed by atoms with Crippen molar-refractivity contribution in [2.75, 3.05) is 0 Å². The molecule has 0 bridgehead atoms. The smallest absolute Gasteiger partial charge is 0.0885 e. The van der Waals surface area contributed by atoms with Gasteiger partial charge in [-0.2, -0.15) is 0 Å². The fourth-order valence-corrected chi connectivity index (χ4v) is 2.98. The van der Waals surface area contributed by atoms with Crippen molar-refractivity contribution in [3.05, 3.63) is 20.8 Å². The largest absolute Gasteiger partial charge is 0.388 e. The van der Waals surface area contributed by atoms with Gasteiger partial charge in [0.2, 0.25) is 0 Å². The van der Waals surface area contributed by atoms with E-state index in [0.29, 0.717) is 5.92 Å². The molecule has 1 N–H and O–H groups in total. The molecule has 1 rings (SSSR count). The Balaban J connectivity index is 2.53. The van der Waals surface area contributed by atoms with E-state index in [4.69, 9.17) is 0 Å². The number of aliphatic hydroxyl groups excluding tert-OH is 1. The van der Waals surface area contributed by atoms with Gasteiger partial charge in [-0.15, -0.1) is 11.3 Å². The van der Waals surface area contributed by atoms with Crippen molar-refractivity contribution in [3.63, 3.8) is 0 Å². The van der Waals surface area contributed by atoms with Crippen molar-refractivity contribution in [2.45, 2.75) is 39.2 Å². The first kappa shape index (κ1) is 12.2. The zero-order valence-electron chi connectivity index (χ0n) is 8.66. The lowest BCUT2D eigenvalue weighted by Gasteiger charge is -2.15. The molecular weight excluding hydrogens is 260 g/mol. The van der Waals surface area contributed by atoms with Crippen molar-refractivity contribution in [2.24, 2.45) is 5.92 Å². The summed E-state index contributed by atoms with van der Waals surface area (Å²) in [6.45, 7) is 4.37. The summed E-state index contributed by atoms with van der Waals surface area (Å²) in [6.07, 6.45) is 2.91. The maximum Gasteiger partial charge on any atom is 0.0885 e. The van der Waals surface area contributed by atoms with Crippen LogP contribution in [0.15, 0.2) is 15.9 Å². The molecule has 3 heteroatoms. The highest BCUT2D eigenvalue weighted by Gasteiger charge is 2.14. The maximum absolute atomic E-state index is 9.96. The zero-order chi connectivity index (χ0) is 10.6. The van der Waals surface area contributed by atoms with Gasteiger partial charge in [-0.1, -0.05) is 26.7 Å². The summed E-state index contributed by atoms with van der Waals surface area (Å²) in [5, 5.41) is 9.96. The molecule has 0 fully saturated rings. The summed E-state index contributed by atoms with van der Waals surface area (Å²) in [4.78, 5) is 1.07. The average molecular weight is 277 g/mol. The van der Waals surface area contributed by atoms with Gasteiger partial charge in [0.05, 0.1) is 9.89 Å². The second-order valence-electron chi connectivity index (χ2n) is 3.58. The van der Waals surface area contributed by atoms with E-state index in [9.17, 15) is 5.11 Å². The normalized spacial score (nSPS) is 13.5. The Morgan fingerprint density at radius 1 is 1.36 bits per heavy atom. The van der Waals surface area contributed by atoms with Crippen LogP contribution in [0.3, 0.4) is 0 Å². The molecule has 1 aromatic heterocycles. The second kappa shape index (κ2) is 5.89. The molecule has 1 unspecified atom stereocenters. The third-order valence-corrected chi connectivity index (χ3v) is 4.36. The van der Waals surface area contributed by atoms with Crippen LogP contribution in [-0.4, -0.2) is 5.11 Å². The molecule has 0 amide bonds. The van der Waals surface area contributed by atoms with E-state index in [0.717, 1.165) is 27.9 Å². The monoisotopic (exact) mass is 276 g/mol. The van der Waals surface area contributed by atoms with E-state index in [2.05, 4.69) is 29.8 Å². The molecule has 0 spiro atoms. The number of halogens is 1. The molecule has 0 aliphatic carbocycles. The Hall–Kier alpha value is 0.140. The van der Waals surface area contributed by atoms with Crippen LogP contribution in [0.1, 0.15) is 44.1 Å². The number of rotatable bonds is 5. The first-order valence-corrected chi connectivity index (χ1v) is 6.71. The van der Waals surface area contributed by atoms with Crippen LogP contribution in [0.4, 0.5) is 0 Å². The summed E-state index contributed by atoms with van der Waals surface area (Å²) in [6, 6.07) is 4.00. The third-order valence-electron chi connectivity index (χ3n) is 2.63. The van der Waals surface area contributed by atoms with E-state index in [-0.39, 0.29) is 6.10 Å². The van der Waals surface area contributed by atoms with Crippen LogP contribution in [0, 0.1) is 5.92 Å². The molecule has 14 heavy (non-hydrogen) atoms. The van der Waals surface area contributed by atoms with Crippen LogP contribution >= 0.6 is 27.3 Å². The van der Waals surface area contributed by atoms with E-state index in [1.165, 1.54) is 0 Å². The van der Waals surface area contributed by atoms with Crippen LogP contribution in [-0.2, 0) is 0 Å². The summed E-state index contributed by atoms with van der Waals surface area (Å²) in [5.74, 6) is 0.644. The summed E-state index contributed by atoms with van der Waals surface area (Å²) in [5.41, 5.74) is 0. The van der Waals surface area contributed by atoms with Crippen LogP contribution in [0.25, 0.3) is 0 Å². The fourth-order valence-electron chi connectivity index (χ4n) is 1.56. The SMILES string of the molecule is CCC(CC)CC(O)c1ccc(Br)s1. The Labute approximate surface area is 98.3 Å². The van der Waals surface area contributed by atoms with Gasteiger partial charge in [-0.25, -0.2) is 0 Å². The van der Waals surface area contributed by atoms with Crippen LogP contribution in [0.5, 0.6) is 0 Å². The van der Waals surface area contributed by atoms with Crippen LogP contribution in [0.2, 0.25) is 0 Å². The van der Waals surface area contributed by atoms with Crippen molar-refractivity contribution >= 4 is 27.3 Å². The summed E-state index contributed by atoms with van der Waals surface area (Å²) >= 11 is 5.03. The Bertz CT molecular complexity index is 268. The van der Waals surface area contributed by atoms with E-state index < -0.39 is 0 Å². The highest BCUT2D eigenvalue weighted by molar-refractivity contribution is 9.11. The lowest BCUT2D eigenvalue weighted by Crippen LogP contribution is -2.04. The molecule has 0 aliphatic heterocycles. The quantitative estimate of drug-likeness (QED) is 0.847. The van der Waals surface area contributed by atoms with E-state index >= 15 is 0 Å². The standard InChI is InChI=1S/C11H17BrOS/c1-3-8(4-2)7-9(13)10-5-6-11(12)14-10/h5-6,8-9,13H,3-4,7H2,1-2H3. The van der Waals surface area contributed by atoms with Gasteiger partial charge in [-0.3, -0.25) is 0 Å². The zero-order valence-corrected chi connectivity index (χ0v) is 11.1. The summed E-state index contributed by atoms with van der Waals surface area (Å²) < 4.78 is 1.09. The van der Waals surface area contributed by atoms with Gasteiger partial charge < -0.3 is 5.11 Å². The Kier molecular flexibility index (Phi) is 5.13. The first-order chi connectivity index (χ1) is 6.67. The minimum atomic E-state index is -0.281. The van der Waals surface area contributed by atoms with Crippen molar-refractivity contribution in [1.29, 1.82) is 0 Å². The van der Waals surface area contributed by atoms with Gasteiger partial charge in [0.25, 0.3) is 0 Å². The van der Waals surface area contributed by atoms with Crippen LogP contribution < -0.4 is 0 Å². The van der Waals surface area contributed by atoms with E-state index in [1.54, 1.807) is 11.3 Å². The Morgan fingerprint density at radius 2 is 2.00 bits per heavy atom. The molecule has 0 radical (unpaired) electrons. The molecule has 0 saturated carbocycles. The highest BCUT2D eigenvalue weighted by Crippen LogP contribution is 2.31. The van der Waals surface area contributed by atoms with Gasteiger partial charge in [0, 0.05) is 4.88 Å². The van der Waals surface area contributed by atoms with Gasteiger partial charge in [0.15, 0.2) is 0 Å². The van der Waals surface area contributed by atoms with Crippen molar-refractivity contribution in [1.82, 2.24) is 0 Å². The number of thiophene rings is 1. The molecule has 0 aliphatic rings. The third kappa shape index (κ3) is 3.37. The number of hydrogen-bond acceptors (Lipinski definition) is 2. The lowest BCUT2D eigenvalue weighted by molar-refractivity contribution is 0.144. The Morgan fingerprint density at radius 3 is 2.43 bits per heavy atom. The molecule has 80 valence electrons. The second-order valence-corrected chi connectivity index (χ2v) is 6.07. The summed E-state index contributed by atoms with van der Waals surface area (Å²) in [7, 11) is 0. The van der Waals surface area contributed by atoms with Crippen molar-refractivity contribution < 1.29 is 5.11 Å². The molecular formula is C11H17BrOS. The molecule has 1 nitrogen and oxygen atoms in total. The minimum absolute atomic E-state index is 0.281. The average Bonchev–Trinajstić information content (AvgIpc) is 2.61. The number of hydrogen-bond donors (Lipinski definition) is 1. The molecule has 1 atom stereocenters.